The summed E-state index contributed by atoms with van der Waals surface area (Å²) in [5, 5.41) is 16.2. The Bertz CT molecular complexity index is 977. The maximum Gasteiger partial charge on any atom is 0.255 e. The Morgan fingerprint density at radius 3 is 2.87 bits per heavy atom. The molecule has 0 aromatic heterocycles. The number of carbonyl (C=O) groups excluding carboxylic acids is 1. The van der Waals surface area contributed by atoms with Crippen LogP contribution in [0, 0.1) is 0 Å². The number of benzene rings is 2. The fourth-order valence-corrected chi connectivity index (χ4v) is 4.07. The predicted octanol–water partition coefficient (Wildman–Crippen LogP) is 3.63. The van der Waals surface area contributed by atoms with Gasteiger partial charge in [-0.3, -0.25) is 4.79 Å². The van der Waals surface area contributed by atoms with E-state index in [1.54, 1.807) is 0 Å². The van der Waals surface area contributed by atoms with Crippen molar-refractivity contribution >= 4 is 28.9 Å². The van der Waals surface area contributed by atoms with Crippen LogP contribution in [0.3, 0.4) is 0 Å². The molecule has 0 aliphatic carbocycles. The van der Waals surface area contributed by atoms with E-state index in [2.05, 4.69) is 15.5 Å². The number of halogens is 1. The van der Waals surface area contributed by atoms with Crippen LogP contribution in [-0.2, 0) is 11.2 Å². The number of hydrogen-bond acceptors (Lipinski definition) is 5. The summed E-state index contributed by atoms with van der Waals surface area (Å²) in [6, 6.07) is 15.0. The molecule has 2 heterocycles. The van der Waals surface area contributed by atoms with Crippen molar-refractivity contribution in [1.82, 2.24) is 5.32 Å². The number of rotatable bonds is 7. The Hall–Kier alpha value is -2.80. The topological polar surface area (TPSA) is 73.8 Å². The lowest BCUT2D eigenvalue weighted by Gasteiger charge is -2.25. The van der Waals surface area contributed by atoms with Crippen molar-refractivity contribution in [3.8, 4) is 0 Å². The Kier molecular flexibility index (Phi) is 6.92. The van der Waals surface area contributed by atoms with E-state index in [0.29, 0.717) is 17.0 Å². The number of nitrogens with zero attached hydrogens (tertiary/aromatic N) is 1. The van der Waals surface area contributed by atoms with Crippen molar-refractivity contribution in [1.29, 1.82) is 0 Å². The smallest absolute Gasteiger partial charge is 0.255 e. The van der Waals surface area contributed by atoms with E-state index in [9.17, 15) is 9.90 Å². The lowest BCUT2D eigenvalue weighted by Crippen LogP contribution is -2.35. The van der Waals surface area contributed by atoms with E-state index in [-0.39, 0.29) is 24.8 Å². The second-order valence-corrected chi connectivity index (χ2v) is 8.02. The fourth-order valence-electron chi connectivity index (χ4n) is 3.89. The molecule has 0 saturated carbocycles. The summed E-state index contributed by atoms with van der Waals surface area (Å²) in [5.74, 6) is -0.169. The first kappa shape index (κ1) is 21.4. The number of aliphatic hydroxyl groups is 1. The number of hydrogen-bond donors (Lipinski definition) is 3. The molecule has 2 atom stereocenters. The fraction of sp³-hybridized carbons (Fsp3) is 0.292. The molecule has 2 aliphatic rings. The predicted molar refractivity (Wildman–Crippen MR) is 123 cm³/mol. The summed E-state index contributed by atoms with van der Waals surface area (Å²) in [4.78, 5) is 14.9. The minimum absolute atomic E-state index is 0.0171. The van der Waals surface area contributed by atoms with Crippen molar-refractivity contribution in [2.24, 2.45) is 0 Å². The number of aliphatic hydroxyl groups excluding tert-OH is 1. The van der Waals surface area contributed by atoms with Crippen LogP contribution in [0.4, 0.5) is 11.4 Å². The molecule has 6 nitrogen and oxygen atoms in total. The first-order valence-electron chi connectivity index (χ1n) is 10.4. The molecule has 2 aromatic rings. The normalized spacial score (nSPS) is 20.3. The second kappa shape index (κ2) is 10.0. The maximum absolute atomic E-state index is 12.7. The van der Waals surface area contributed by atoms with E-state index in [4.69, 9.17) is 16.3 Å². The third-order valence-corrected chi connectivity index (χ3v) is 5.74. The van der Waals surface area contributed by atoms with Crippen molar-refractivity contribution in [2.75, 3.05) is 29.9 Å². The van der Waals surface area contributed by atoms with Gasteiger partial charge in [-0.1, -0.05) is 29.8 Å². The highest BCUT2D eigenvalue weighted by molar-refractivity contribution is 6.30. The molecule has 7 heteroatoms. The van der Waals surface area contributed by atoms with Gasteiger partial charge in [0.1, 0.15) is 0 Å². The van der Waals surface area contributed by atoms with E-state index < -0.39 is 0 Å². The van der Waals surface area contributed by atoms with Gasteiger partial charge in [-0.05, 0) is 67.1 Å². The molecule has 1 saturated heterocycles. The molecular formula is C24H26ClN3O3. The van der Waals surface area contributed by atoms with E-state index >= 15 is 0 Å². The van der Waals surface area contributed by atoms with Gasteiger partial charge in [0, 0.05) is 36.6 Å². The lowest BCUT2D eigenvalue weighted by molar-refractivity contribution is 0.0125. The van der Waals surface area contributed by atoms with Crippen LogP contribution in [0.15, 0.2) is 71.9 Å². The van der Waals surface area contributed by atoms with E-state index in [0.717, 1.165) is 36.4 Å². The van der Waals surface area contributed by atoms with Crippen molar-refractivity contribution in [3.63, 3.8) is 0 Å². The highest BCUT2D eigenvalue weighted by atomic mass is 35.5. The molecule has 4 rings (SSSR count). The summed E-state index contributed by atoms with van der Waals surface area (Å²) in [6.45, 7) is 1.58. The number of dihydropyridines is 1. The Labute approximate surface area is 187 Å². The number of amides is 1. The zero-order valence-electron chi connectivity index (χ0n) is 17.1. The van der Waals surface area contributed by atoms with Crippen LogP contribution in [0.25, 0.3) is 0 Å². The van der Waals surface area contributed by atoms with Crippen molar-refractivity contribution in [2.45, 2.75) is 25.2 Å². The minimum atomic E-state index is -0.322. The number of para-hydroxylation sites is 1. The average molecular weight is 440 g/mol. The van der Waals surface area contributed by atoms with Crippen LogP contribution in [0.1, 0.15) is 22.3 Å². The molecule has 1 fully saturated rings. The molecule has 3 N–H and O–H groups in total. The quantitative estimate of drug-likeness (QED) is 0.614. The van der Waals surface area contributed by atoms with E-state index in [1.807, 2.05) is 66.9 Å². The van der Waals surface area contributed by atoms with Gasteiger partial charge in [0.25, 0.3) is 5.91 Å². The molecule has 2 aromatic carbocycles. The highest BCUT2D eigenvalue weighted by Crippen LogP contribution is 2.29. The van der Waals surface area contributed by atoms with Gasteiger partial charge < -0.3 is 25.4 Å². The number of carbonyl (C=O) groups is 1. The van der Waals surface area contributed by atoms with Gasteiger partial charge in [-0.2, -0.15) is 0 Å². The third-order valence-electron chi connectivity index (χ3n) is 5.42. The average Bonchev–Trinajstić information content (AvgIpc) is 3.24. The van der Waals surface area contributed by atoms with Crippen LogP contribution in [0.2, 0.25) is 0 Å². The molecule has 0 radical (unpaired) electrons. The third kappa shape index (κ3) is 5.28. The summed E-state index contributed by atoms with van der Waals surface area (Å²) >= 11 is 6.23. The second-order valence-electron chi connectivity index (χ2n) is 7.59. The number of allylic oxidation sites excluding steroid dienone is 2. The number of anilines is 2. The molecule has 1 amide bonds. The number of ether oxygens (including phenoxy) is 1. The van der Waals surface area contributed by atoms with Gasteiger partial charge in [0.2, 0.25) is 0 Å². The highest BCUT2D eigenvalue weighted by Gasteiger charge is 2.28. The molecule has 0 bridgehead atoms. The Morgan fingerprint density at radius 1 is 1.26 bits per heavy atom. The van der Waals surface area contributed by atoms with Gasteiger partial charge >= 0.3 is 0 Å². The van der Waals surface area contributed by atoms with Crippen LogP contribution < -0.4 is 15.5 Å². The monoisotopic (exact) mass is 439 g/mol. The SMILES string of the molecule is O=C(Nc1ccccc1)c1ccc(N2CC[C@H](OC3NC=CC=C3Cl)C2)c(CCO)c1. The molecule has 2 aliphatic heterocycles. The van der Waals surface area contributed by atoms with Crippen molar-refractivity contribution < 1.29 is 14.6 Å². The molecule has 162 valence electrons. The first-order chi connectivity index (χ1) is 15.1. The molecule has 1 unspecified atom stereocenters. The van der Waals surface area contributed by atoms with Crippen LogP contribution in [-0.4, -0.2) is 43.0 Å². The summed E-state index contributed by atoms with van der Waals surface area (Å²) in [6.07, 6.45) is 6.57. The summed E-state index contributed by atoms with van der Waals surface area (Å²) in [5.41, 5.74) is 3.28. The zero-order chi connectivity index (χ0) is 21.6. The maximum atomic E-state index is 12.7. The van der Waals surface area contributed by atoms with Crippen LogP contribution in [0.5, 0.6) is 0 Å². The lowest BCUT2D eigenvalue weighted by atomic mass is 10.0. The Morgan fingerprint density at radius 2 is 2.10 bits per heavy atom. The molecular weight excluding hydrogens is 414 g/mol. The molecule has 31 heavy (non-hydrogen) atoms. The van der Waals surface area contributed by atoms with Crippen LogP contribution >= 0.6 is 11.6 Å². The summed E-state index contributed by atoms with van der Waals surface area (Å²) in [7, 11) is 0. The number of nitrogens with one attached hydrogen (secondary N) is 2. The van der Waals surface area contributed by atoms with E-state index in [1.165, 1.54) is 0 Å². The van der Waals surface area contributed by atoms with Gasteiger partial charge in [0.15, 0.2) is 6.23 Å². The zero-order valence-corrected chi connectivity index (χ0v) is 17.9. The minimum Gasteiger partial charge on any atom is -0.396 e. The Balaban J connectivity index is 1.45. The standard InChI is InChI=1S/C24H26ClN3O3/c25-21-7-4-12-26-24(21)31-20-10-13-28(16-20)22-9-8-18(15-17(22)11-14-29)23(30)27-19-5-2-1-3-6-19/h1-9,12,15,20,24,26,29H,10-11,13-14,16H2,(H,27,30)/t20-,24?/m0/s1. The largest absolute Gasteiger partial charge is 0.396 e. The van der Waals surface area contributed by atoms with Crippen molar-refractivity contribution in [3.05, 3.63) is 83.0 Å². The van der Waals surface area contributed by atoms with Gasteiger partial charge in [0.05, 0.1) is 11.1 Å². The van der Waals surface area contributed by atoms with Gasteiger partial charge in [-0.25, -0.2) is 0 Å². The van der Waals surface area contributed by atoms with Gasteiger partial charge in [-0.15, -0.1) is 0 Å². The molecule has 0 spiro atoms. The summed E-state index contributed by atoms with van der Waals surface area (Å²) < 4.78 is 6.13. The first-order valence-corrected chi connectivity index (χ1v) is 10.8.